The summed E-state index contributed by atoms with van der Waals surface area (Å²) >= 11 is 0. The Morgan fingerprint density at radius 2 is 2.43 bits per heavy atom. The lowest BCUT2D eigenvalue weighted by Crippen LogP contribution is -2.09. The molecule has 1 N–H and O–H groups in total. The summed E-state index contributed by atoms with van der Waals surface area (Å²) in [6, 6.07) is 1.77. The largest absolute Gasteiger partial charge is 0.323 e. The smallest absolute Gasteiger partial charge is 0.226 e. The van der Waals surface area contributed by atoms with Gasteiger partial charge in [0.05, 0.1) is 18.1 Å². The Morgan fingerprint density at radius 3 is 3.00 bits per heavy atom. The van der Waals surface area contributed by atoms with E-state index in [0.717, 1.165) is 5.69 Å². The maximum atomic E-state index is 4.00. The van der Waals surface area contributed by atoms with Crippen LogP contribution in [0, 0.1) is 0 Å². The van der Waals surface area contributed by atoms with Crippen LogP contribution in [0.1, 0.15) is 6.92 Å². The fraction of sp³-hybridized carbons (Fsp3) is 0.111. The SMILES string of the molecule is C=CN=C(N=CC)Nc1ccnnc1. The summed E-state index contributed by atoms with van der Waals surface area (Å²) in [7, 11) is 0. The highest BCUT2D eigenvalue weighted by molar-refractivity contribution is 5.98. The van der Waals surface area contributed by atoms with E-state index in [2.05, 4.69) is 32.1 Å². The van der Waals surface area contributed by atoms with Crippen molar-refractivity contribution in [1.29, 1.82) is 0 Å². The minimum Gasteiger partial charge on any atom is -0.323 e. The Hall–Kier alpha value is -2.04. The first-order chi connectivity index (χ1) is 6.86. The molecule has 0 bridgehead atoms. The van der Waals surface area contributed by atoms with E-state index in [9.17, 15) is 0 Å². The summed E-state index contributed by atoms with van der Waals surface area (Å²) < 4.78 is 0. The van der Waals surface area contributed by atoms with Crippen molar-refractivity contribution in [2.75, 3.05) is 5.32 Å². The predicted molar refractivity (Wildman–Crippen MR) is 57.5 cm³/mol. The van der Waals surface area contributed by atoms with Crippen molar-refractivity contribution in [3.05, 3.63) is 31.2 Å². The van der Waals surface area contributed by atoms with Crippen LogP contribution in [0.5, 0.6) is 0 Å². The molecule has 1 aromatic rings. The summed E-state index contributed by atoms with van der Waals surface area (Å²) in [6.07, 6.45) is 6.24. The number of aliphatic imine (C=N–C) groups is 2. The first-order valence-corrected chi connectivity index (χ1v) is 4.08. The van der Waals surface area contributed by atoms with Crippen molar-refractivity contribution in [2.24, 2.45) is 9.98 Å². The molecule has 0 saturated heterocycles. The molecule has 0 radical (unpaired) electrons. The van der Waals surface area contributed by atoms with Crippen LogP contribution in [0.15, 0.2) is 41.2 Å². The fourth-order valence-electron chi connectivity index (χ4n) is 0.800. The normalized spacial score (nSPS) is 11.6. The van der Waals surface area contributed by atoms with Crippen LogP contribution >= 0.6 is 0 Å². The average Bonchev–Trinajstić information content (AvgIpc) is 2.20. The van der Waals surface area contributed by atoms with Crippen LogP contribution in [0.2, 0.25) is 0 Å². The van der Waals surface area contributed by atoms with Gasteiger partial charge in [-0.1, -0.05) is 6.58 Å². The van der Waals surface area contributed by atoms with Crippen LogP contribution < -0.4 is 5.32 Å². The summed E-state index contributed by atoms with van der Waals surface area (Å²) in [5.41, 5.74) is 0.784. The second kappa shape index (κ2) is 5.58. The van der Waals surface area contributed by atoms with Crippen molar-refractivity contribution < 1.29 is 0 Å². The maximum Gasteiger partial charge on any atom is 0.226 e. The van der Waals surface area contributed by atoms with Gasteiger partial charge >= 0.3 is 0 Å². The zero-order valence-electron chi connectivity index (χ0n) is 7.88. The number of hydrogen-bond donors (Lipinski definition) is 1. The van der Waals surface area contributed by atoms with Gasteiger partial charge in [-0.2, -0.15) is 10.2 Å². The summed E-state index contributed by atoms with van der Waals surface area (Å²) in [4.78, 5) is 7.94. The number of anilines is 1. The van der Waals surface area contributed by atoms with Crippen molar-refractivity contribution in [1.82, 2.24) is 10.2 Å². The third-order valence-corrected chi connectivity index (χ3v) is 1.31. The van der Waals surface area contributed by atoms with Crippen molar-refractivity contribution >= 4 is 17.9 Å². The van der Waals surface area contributed by atoms with Gasteiger partial charge in [0.15, 0.2) is 0 Å². The third kappa shape index (κ3) is 3.14. The number of rotatable bonds is 2. The Morgan fingerprint density at radius 1 is 1.57 bits per heavy atom. The number of hydrogen-bond acceptors (Lipinski definition) is 3. The zero-order chi connectivity index (χ0) is 10.2. The molecular formula is C9H11N5. The van der Waals surface area contributed by atoms with E-state index >= 15 is 0 Å². The predicted octanol–water partition coefficient (Wildman–Crippen LogP) is 1.48. The van der Waals surface area contributed by atoms with Crippen LogP contribution in [0.3, 0.4) is 0 Å². The lowest BCUT2D eigenvalue weighted by molar-refractivity contribution is 1.03. The lowest BCUT2D eigenvalue weighted by Gasteiger charge is -2.02. The Kier molecular flexibility index (Phi) is 4.00. The van der Waals surface area contributed by atoms with Crippen molar-refractivity contribution in [3.63, 3.8) is 0 Å². The van der Waals surface area contributed by atoms with Gasteiger partial charge in [0, 0.05) is 12.4 Å². The van der Waals surface area contributed by atoms with E-state index < -0.39 is 0 Å². The van der Waals surface area contributed by atoms with Gasteiger partial charge < -0.3 is 5.32 Å². The quantitative estimate of drug-likeness (QED) is 0.566. The van der Waals surface area contributed by atoms with E-state index in [1.54, 1.807) is 24.7 Å². The summed E-state index contributed by atoms with van der Waals surface area (Å²) in [5.74, 6) is 0.468. The number of nitrogens with zero attached hydrogens (tertiary/aromatic N) is 4. The molecule has 0 saturated carbocycles. The molecule has 0 fully saturated rings. The van der Waals surface area contributed by atoms with Gasteiger partial charge in [0.2, 0.25) is 5.96 Å². The molecular weight excluding hydrogens is 178 g/mol. The molecule has 1 aromatic heterocycles. The lowest BCUT2D eigenvalue weighted by atomic mass is 10.5. The molecule has 0 aliphatic rings. The second-order valence-corrected chi connectivity index (χ2v) is 2.28. The highest BCUT2D eigenvalue weighted by atomic mass is 15.1. The fourth-order valence-corrected chi connectivity index (χ4v) is 0.800. The molecule has 0 unspecified atom stereocenters. The molecule has 5 nitrogen and oxygen atoms in total. The Bertz CT molecular complexity index is 341. The van der Waals surface area contributed by atoms with Crippen LogP contribution in [0.4, 0.5) is 5.69 Å². The van der Waals surface area contributed by atoms with Crippen LogP contribution in [-0.4, -0.2) is 22.4 Å². The number of guanidine groups is 1. The van der Waals surface area contributed by atoms with Crippen LogP contribution in [-0.2, 0) is 0 Å². The Balaban J connectivity index is 2.75. The standard InChI is InChI=1S/C9H11N5/c1-3-10-9(11-4-2)14-8-5-6-12-13-7-8/h3-7H,1H2,2H3,(H,10,12,14). The molecule has 14 heavy (non-hydrogen) atoms. The van der Waals surface area contributed by atoms with Gasteiger partial charge in [0.25, 0.3) is 0 Å². The summed E-state index contributed by atoms with van der Waals surface area (Å²) in [5, 5.41) is 10.3. The van der Waals surface area contributed by atoms with E-state index in [-0.39, 0.29) is 0 Å². The van der Waals surface area contributed by atoms with E-state index in [1.165, 1.54) is 6.20 Å². The molecule has 0 aromatic carbocycles. The number of nitrogens with one attached hydrogen (secondary N) is 1. The molecule has 1 heterocycles. The van der Waals surface area contributed by atoms with Gasteiger partial charge in [-0.15, -0.1) is 0 Å². The first-order valence-electron chi connectivity index (χ1n) is 4.08. The molecule has 5 heteroatoms. The minimum absolute atomic E-state index is 0.468. The molecule has 0 aliphatic heterocycles. The van der Waals surface area contributed by atoms with E-state index in [4.69, 9.17) is 0 Å². The van der Waals surface area contributed by atoms with E-state index in [0.29, 0.717) is 5.96 Å². The number of aromatic nitrogens is 2. The van der Waals surface area contributed by atoms with Crippen molar-refractivity contribution in [2.45, 2.75) is 6.92 Å². The zero-order valence-corrected chi connectivity index (χ0v) is 7.88. The highest BCUT2D eigenvalue weighted by Crippen LogP contribution is 2.01. The van der Waals surface area contributed by atoms with Gasteiger partial charge in [-0.3, -0.25) is 0 Å². The summed E-state index contributed by atoms with van der Waals surface area (Å²) in [6.45, 7) is 5.31. The highest BCUT2D eigenvalue weighted by Gasteiger charge is 1.95. The molecule has 1 rings (SSSR count). The molecule has 0 spiro atoms. The first kappa shape index (κ1) is 10.0. The molecule has 72 valence electrons. The van der Waals surface area contributed by atoms with Gasteiger partial charge in [-0.05, 0) is 13.0 Å². The van der Waals surface area contributed by atoms with Crippen LogP contribution in [0.25, 0.3) is 0 Å². The monoisotopic (exact) mass is 189 g/mol. The molecule has 0 atom stereocenters. The molecule has 0 aliphatic carbocycles. The van der Waals surface area contributed by atoms with Gasteiger partial charge in [-0.25, -0.2) is 9.98 Å². The van der Waals surface area contributed by atoms with E-state index in [1.807, 2.05) is 6.92 Å². The Labute approximate surface area is 82.3 Å². The maximum absolute atomic E-state index is 4.00. The average molecular weight is 189 g/mol. The third-order valence-electron chi connectivity index (χ3n) is 1.31. The molecule has 0 amide bonds. The van der Waals surface area contributed by atoms with Crippen molar-refractivity contribution in [3.8, 4) is 0 Å². The minimum atomic E-state index is 0.468. The second-order valence-electron chi connectivity index (χ2n) is 2.28. The van der Waals surface area contributed by atoms with Gasteiger partial charge in [0.1, 0.15) is 0 Å². The topological polar surface area (TPSA) is 62.5 Å².